The van der Waals surface area contributed by atoms with E-state index in [0.29, 0.717) is 40.7 Å². The average molecular weight is 418 g/mol. The van der Waals surface area contributed by atoms with Gasteiger partial charge in [-0.2, -0.15) is 5.26 Å². The van der Waals surface area contributed by atoms with E-state index in [0.717, 1.165) is 24.9 Å². The van der Waals surface area contributed by atoms with Gasteiger partial charge in [-0.15, -0.1) is 0 Å². The Morgan fingerprint density at radius 1 is 1.29 bits per heavy atom. The van der Waals surface area contributed by atoms with Crippen LogP contribution >= 0.6 is 0 Å². The van der Waals surface area contributed by atoms with Crippen molar-refractivity contribution in [1.29, 1.82) is 5.26 Å². The number of piperidine rings is 1. The lowest BCUT2D eigenvalue weighted by atomic mass is 10.0. The molecule has 0 aliphatic carbocycles. The second-order valence-electron chi connectivity index (χ2n) is 7.76. The Morgan fingerprint density at radius 3 is 2.81 bits per heavy atom. The zero-order chi connectivity index (χ0) is 22.0. The highest BCUT2D eigenvalue weighted by atomic mass is 19.1. The van der Waals surface area contributed by atoms with Crippen LogP contribution < -0.4 is 15.8 Å². The molecule has 8 heteroatoms. The van der Waals surface area contributed by atoms with E-state index in [1.54, 1.807) is 25.3 Å². The Morgan fingerprint density at radius 2 is 2.13 bits per heavy atom. The molecule has 1 aliphatic heterocycles. The van der Waals surface area contributed by atoms with Crippen LogP contribution in [0.5, 0.6) is 0 Å². The molecule has 4 rings (SSSR count). The van der Waals surface area contributed by atoms with Gasteiger partial charge in [-0.1, -0.05) is 0 Å². The van der Waals surface area contributed by atoms with Crippen LogP contribution in [0.3, 0.4) is 0 Å². The molecule has 1 aromatic carbocycles. The van der Waals surface area contributed by atoms with Gasteiger partial charge in [0, 0.05) is 42.1 Å². The highest BCUT2D eigenvalue weighted by Crippen LogP contribution is 2.25. The highest BCUT2D eigenvalue weighted by Gasteiger charge is 2.22. The summed E-state index contributed by atoms with van der Waals surface area (Å²) in [5.74, 6) is 0.825. The summed E-state index contributed by atoms with van der Waals surface area (Å²) in [5, 5.41) is 12.3. The SMILES string of the molecule is Cc1nc(-c2ccc(NC3CCCN(c4ccc(C#N)cc4F)C3)nc2)[nH]c(=O)c1C. The molecular weight excluding hydrogens is 395 g/mol. The van der Waals surface area contributed by atoms with Crippen molar-refractivity contribution >= 4 is 11.5 Å². The van der Waals surface area contributed by atoms with Gasteiger partial charge in [-0.05, 0) is 57.0 Å². The molecular formula is C23H23FN6O. The van der Waals surface area contributed by atoms with Crippen LogP contribution in [0.2, 0.25) is 0 Å². The standard InChI is InChI=1S/C23H23FN6O/c1-14-15(2)27-22(29-23(14)31)17-6-8-21(26-12-17)28-18-4-3-9-30(13-18)20-7-5-16(11-25)10-19(20)24/h5-8,10,12,18H,3-4,9,13H2,1-2H3,(H,26,28)(H,27,29,31). The van der Waals surface area contributed by atoms with Crippen molar-refractivity contribution < 1.29 is 4.39 Å². The van der Waals surface area contributed by atoms with Crippen molar-refractivity contribution in [2.24, 2.45) is 0 Å². The van der Waals surface area contributed by atoms with Gasteiger partial charge in [0.1, 0.15) is 17.5 Å². The van der Waals surface area contributed by atoms with Crippen LogP contribution in [0.1, 0.15) is 29.7 Å². The summed E-state index contributed by atoms with van der Waals surface area (Å²) in [6.07, 6.45) is 3.54. The van der Waals surface area contributed by atoms with Gasteiger partial charge in [0.25, 0.3) is 5.56 Å². The lowest BCUT2D eigenvalue weighted by Crippen LogP contribution is -2.42. The maximum atomic E-state index is 14.4. The highest BCUT2D eigenvalue weighted by molar-refractivity contribution is 5.57. The fourth-order valence-corrected chi connectivity index (χ4v) is 3.76. The Kier molecular flexibility index (Phi) is 5.67. The first-order chi connectivity index (χ1) is 14.9. The number of aromatic nitrogens is 3. The summed E-state index contributed by atoms with van der Waals surface area (Å²) in [5.41, 5.74) is 2.71. The van der Waals surface area contributed by atoms with Crippen LogP contribution in [0.4, 0.5) is 15.9 Å². The summed E-state index contributed by atoms with van der Waals surface area (Å²) in [4.78, 5) is 25.7. The lowest BCUT2D eigenvalue weighted by molar-refractivity contribution is 0.518. The van der Waals surface area contributed by atoms with Crippen molar-refractivity contribution in [1.82, 2.24) is 15.0 Å². The second-order valence-corrected chi connectivity index (χ2v) is 7.76. The fraction of sp³-hybridized carbons (Fsp3) is 0.304. The molecule has 2 N–H and O–H groups in total. The maximum absolute atomic E-state index is 14.4. The molecule has 158 valence electrons. The number of aromatic amines is 1. The van der Waals surface area contributed by atoms with E-state index in [4.69, 9.17) is 5.26 Å². The minimum absolute atomic E-state index is 0.113. The maximum Gasteiger partial charge on any atom is 0.254 e. The summed E-state index contributed by atoms with van der Waals surface area (Å²) in [7, 11) is 0. The van der Waals surface area contributed by atoms with Gasteiger partial charge in [0.2, 0.25) is 0 Å². The molecule has 0 spiro atoms. The molecule has 0 amide bonds. The number of nitriles is 1. The Hall–Kier alpha value is -3.73. The zero-order valence-electron chi connectivity index (χ0n) is 17.4. The predicted molar refractivity (Wildman–Crippen MR) is 118 cm³/mol. The number of hydrogen-bond donors (Lipinski definition) is 2. The molecule has 1 aliphatic rings. The number of rotatable bonds is 4. The molecule has 3 heterocycles. The molecule has 1 saturated heterocycles. The lowest BCUT2D eigenvalue weighted by Gasteiger charge is -2.35. The van der Waals surface area contributed by atoms with E-state index in [9.17, 15) is 9.18 Å². The molecule has 0 saturated carbocycles. The third kappa shape index (κ3) is 4.40. The van der Waals surface area contributed by atoms with E-state index >= 15 is 0 Å². The Balaban J connectivity index is 1.46. The Bertz CT molecular complexity index is 1200. The molecule has 31 heavy (non-hydrogen) atoms. The van der Waals surface area contributed by atoms with Crippen LogP contribution in [0.25, 0.3) is 11.4 Å². The van der Waals surface area contributed by atoms with Crippen molar-refractivity contribution in [2.45, 2.75) is 32.7 Å². The molecule has 3 aromatic rings. The van der Waals surface area contributed by atoms with Crippen molar-refractivity contribution in [3.8, 4) is 17.5 Å². The second kappa shape index (κ2) is 8.56. The molecule has 1 unspecified atom stereocenters. The number of aryl methyl sites for hydroxylation is 1. The number of nitrogens with zero attached hydrogens (tertiary/aromatic N) is 4. The van der Waals surface area contributed by atoms with Gasteiger partial charge in [0.15, 0.2) is 0 Å². The van der Waals surface area contributed by atoms with E-state index in [1.807, 2.05) is 30.0 Å². The van der Waals surface area contributed by atoms with Crippen LogP contribution in [-0.4, -0.2) is 34.1 Å². The monoisotopic (exact) mass is 418 g/mol. The first-order valence-electron chi connectivity index (χ1n) is 10.2. The van der Waals surface area contributed by atoms with Crippen molar-refractivity contribution in [3.05, 3.63) is 69.5 Å². The molecule has 1 fully saturated rings. The minimum Gasteiger partial charge on any atom is -0.367 e. The summed E-state index contributed by atoms with van der Waals surface area (Å²) in [6.45, 7) is 4.95. The summed E-state index contributed by atoms with van der Waals surface area (Å²) < 4.78 is 14.4. The number of pyridine rings is 1. The van der Waals surface area contributed by atoms with Gasteiger partial charge >= 0.3 is 0 Å². The van der Waals surface area contributed by atoms with E-state index < -0.39 is 0 Å². The van der Waals surface area contributed by atoms with E-state index in [-0.39, 0.29) is 17.4 Å². The average Bonchev–Trinajstić information content (AvgIpc) is 2.77. The van der Waals surface area contributed by atoms with Crippen LogP contribution in [0.15, 0.2) is 41.3 Å². The van der Waals surface area contributed by atoms with Gasteiger partial charge < -0.3 is 15.2 Å². The van der Waals surface area contributed by atoms with Gasteiger partial charge in [-0.25, -0.2) is 14.4 Å². The fourth-order valence-electron chi connectivity index (χ4n) is 3.76. The van der Waals surface area contributed by atoms with Gasteiger partial charge in [-0.3, -0.25) is 4.79 Å². The molecule has 2 aromatic heterocycles. The summed E-state index contributed by atoms with van der Waals surface area (Å²) >= 11 is 0. The normalized spacial score (nSPS) is 16.1. The van der Waals surface area contributed by atoms with Crippen molar-refractivity contribution in [2.75, 3.05) is 23.3 Å². The van der Waals surface area contributed by atoms with Crippen LogP contribution in [-0.2, 0) is 0 Å². The molecule has 0 bridgehead atoms. The zero-order valence-corrected chi connectivity index (χ0v) is 17.4. The third-order valence-electron chi connectivity index (χ3n) is 5.62. The quantitative estimate of drug-likeness (QED) is 0.673. The predicted octanol–water partition coefficient (Wildman–Crippen LogP) is 3.54. The first-order valence-corrected chi connectivity index (χ1v) is 10.2. The molecule has 0 radical (unpaired) electrons. The topological polar surface area (TPSA) is 97.7 Å². The smallest absolute Gasteiger partial charge is 0.254 e. The minimum atomic E-state index is -0.378. The number of nitrogens with one attached hydrogen (secondary N) is 2. The molecule has 7 nitrogen and oxygen atoms in total. The van der Waals surface area contributed by atoms with E-state index in [2.05, 4.69) is 20.3 Å². The van der Waals surface area contributed by atoms with Gasteiger partial charge in [0.05, 0.1) is 17.3 Å². The summed E-state index contributed by atoms with van der Waals surface area (Å²) in [6, 6.07) is 10.4. The van der Waals surface area contributed by atoms with E-state index in [1.165, 1.54) is 6.07 Å². The Labute approximate surface area is 179 Å². The number of anilines is 2. The molecule has 1 atom stereocenters. The first kappa shape index (κ1) is 20.5. The number of H-pyrrole nitrogens is 1. The number of halogens is 1. The largest absolute Gasteiger partial charge is 0.367 e. The number of hydrogen-bond acceptors (Lipinski definition) is 6. The number of benzene rings is 1. The van der Waals surface area contributed by atoms with Crippen LogP contribution in [0, 0.1) is 31.0 Å². The third-order valence-corrected chi connectivity index (χ3v) is 5.62. The van der Waals surface area contributed by atoms with Crippen molar-refractivity contribution in [3.63, 3.8) is 0 Å².